The highest BCUT2D eigenvalue weighted by molar-refractivity contribution is 7.21. The molecule has 176 valence electrons. The van der Waals surface area contributed by atoms with E-state index in [1.54, 1.807) is 48.7 Å². The summed E-state index contributed by atoms with van der Waals surface area (Å²) in [4.78, 5) is 24.9. The van der Waals surface area contributed by atoms with Gasteiger partial charge in [-0.05, 0) is 36.4 Å². The maximum Gasteiger partial charge on any atom is 0.349 e. The number of ether oxygens (including phenoxy) is 4. The van der Waals surface area contributed by atoms with Crippen LogP contribution in [0.25, 0.3) is 10.1 Å². The quantitative estimate of drug-likeness (QED) is 0.344. The molecule has 2 aromatic carbocycles. The van der Waals surface area contributed by atoms with Gasteiger partial charge in [0.1, 0.15) is 4.88 Å². The molecule has 0 aliphatic carbocycles. The van der Waals surface area contributed by atoms with E-state index in [0.29, 0.717) is 38.2 Å². The third kappa shape index (κ3) is 4.63. The first-order chi connectivity index (χ1) is 16.4. The number of benzene rings is 2. The molecular formula is C23H20ClN3O6S. The first-order valence-corrected chi connectivity index (χ1v) is 11.1. The van der Waals surface area contributed by atoms with Crippen LogP contribution < -0.4 is 19.5 Å². The number of rotatable bonds is 8. The Morgan fingerprint density at radius 3 is 2.50 bits per heavy atom. The van der Waals surface area contributed by atoms with Crippen LogP contribution in [-0.4, -0.2) is 43.0 Å². The van der Waals surface area contributed by atoms with Gasteiger partial charge in [-0.3, -0.25) is 4.79 Å². The van der Waals surface area contributed by atoms with Gasteiger partial charge < -0.3 is 24.3 Å². The highest BCUT2D eigenvalue weighted by Crippen LogP contribution is 2.38. The molecule has 0 radical (unpaired) electrons. The Morgan fingerprint density at radius 1 is 1.09 bits per heavy atom. The largest absolute Gasteiger partial charge is 0.493 e. The van der Waals surface area contributed by atoms with Gasteiger partial charge in [0.05, 0.1) is 26.4 Å². The lowest BCUT2D eigenvalue weighted by Crippen LogP contribution is -2.14. The molecule has 4 aromatic rings. The van der Waals surface area contributed by atoms with Crippen molar-refractivity contribution in [2.24, 2.45) is 0 Å². The van der Waals surface area contributed by atoms with Crippen LogP contribution in [0.1, 0.15) is 20.2 Å². The SMILES string of the molecule is COC(=O)c1sc2cc(NC(=O)c3ccn(COc4c(OC)cccc4OC)n3)ccc2c1Cl. The molecule has 34 heavy (non-hydrogen) atoms. The molecule has 1 amide bonds. The molecule has 0 atom stereocenters. The van der Waals surface area contributed by atoms with Crippen molar-refractivity contribution in [3.63, 3.8) is 0 Å². The van der Waals surface area contributed by atoms with Crippen LogP contribution >= 0.6 is 22.9 Å². The number of esters is 1. The molecule has 0 aliphatic heterocycles. The van der Waals surface area contributed by atoms with Crippen LogP contribution in [0.2, 0.25) is 5.02 Å². The van der Waals surface area contributed by atoms with Gasteiger partial charge in [0.25, 0.3) is 5.91 Å². The van der Waals surface area contributed by atoms with E-state index in [2.05, 4.69) is 10.4 Å². The standard InChI is InChI=1S/C23H20ClN3O6S/c1-30-16-5-4-6-17(31-2)20(16)33-12-27-10-9-15(26-27)22(28)25-13-7-8-14-18(11-13)34-21(19(14)24)23(29)32-3/h4-11H,12H2,1-3H3,(H,25,28). The minimum absolute atomic E-state index is 0.0416. The summed E-state index contributed by atoms with van der Waals surface area (Å²) in [5, 5.41) is 8.10. The lowest BCUT2D eigenvalue weighted by Gasteiger charge is -2.13. The van der Waals surface area contributed by atoms with Crippen LogP contribution in [0.15, 0.2) is 48.7 Å². The van der Waals surface area contributed by atoms with Crippen molar-refractivity contribution in [3.05, 3.63) is 64.3 Å². The van der Waals surface area contributed by atoms with E-state index >= 15 is 0 Å². The van der Waals surface area contributed by atoms with Gasteiger partial charge in [0.15, 0.2) is 23.9 Å². The van der Waals surface area contributed by atoms with Crippen LogP contribution in [-0.2, 0) is 11.5 Å². The van der Waals surface area contributed by atoms with Crippen LogP contribution in [0.5, 0.6) is 17.2 Å². The predicted octanol–water partition coefficient (Wildman–Crippen LogP) is 4.84. The van der Waals surface area contributed by atoms with Gasteiger partial charge in [0.2, 0.25) is 5.75 Å². The number of carbonyl (C=O) groups is 2. The fourth-order valence-corrected chi connectivity index (χ4v) is 4.67. The number of para-hydroxylation sites is 1. The normalized spacial score (nSPS) is 10.7. The molecule has 9 nitrogen and oxygen atoms in total. The fourth-order valence-electron chi connectivity index (χ4n) is 3.21. The summed E-state index contributed by atoms with van der Waals surface area (Å²) in [6.07, 6.45) is 1.63. The molecule has 0 saturated heterocycles. The van der Waals surface area contributed by atoms with Crippen molar-refractivity contribution >= 4 is 50.6 Å². The van der Waals surface area contributed by atoms with E-state index < -0.39 is 11.9 Å². The Hall–Kier alpha value is -3.76. The van der Waals surface area contributed by atoms with Crippen LogP contribution in [0.3, 0.4) is 0 Å². The molecule has 2 heterocycles. The second-order valence-electron chi connectivity index (χ2n) is 6.91. The summed E-state index contributed by atoms with van der Waals surface area (Å²) in [7, 11) is 4.37. The van der Waals surface area contributed by atoms with Gasteiger partial charge in [-0.25, -0.2) is 9.48 Å². The zero-order valence-corrected chi connectivity index (χ0v) is 20.0. The van der Waals surface area contributed by atoms with Gasteiger partial charge in [-0.1, -0.05) is 17.7 Å². The average molecular weight is 502 g/mol. The maximum atomic E-state index is 12.7. The third-order valence-corrected chi connectivity index (χ3v) is 6.49. The molecular weight excluding hydrogens is 482 g/mol. The summed E-state index contributed by atoms with van der Waals surface area (Å²) in [6.45, 7) is 0.0416. The molecule has 0 fully saturated rings. The monoisotopic (exact) mass is 501 g/mol. The molecule has 0 bridgehead atoms. The fraction of sp³-hybridized carbons (Fsp3) is 0.174. The predicted molar refractivity (Wildman–Crippen MR) is 129 cm³/mol. The number of nitrogens with one attached hydrogen (secondary N) is 1. The summed E-state index contributed by atoms with van der Waals surface area (Å²) in [6, 6.07) is 12.1. The molecule has 0 spiro atoms. The number of aromatic nitrogens is 2. The van der Waals surface area contributed by atoms with Crippen molar-refractivity contribution in [3.8, 4) is 17.2 Å². The van der Waals surface area contributed by atoms with Gasteiger partial charge in [0, 0.05) is 22.0 Å². The van der Waals surface area contributed by atoms with Crippen molar-refractivity contribution in [1.29, 1.82) is 0 Å². The first-order valence-electron chi connectivity index (χ1n) is 9.94. The molecule has 0 aliphatic rings. The van der Waals surface area contributed by atoms with Crippen LogP contribution in [0, 0.1) is 0 Å². The molecule has 11 heteroatoms. The Kier molecular flexibility index (Phi) is 6.90. The Labute approximate surface area is 203 Å². The smallest absolute Gasteiger partial charge is 0.349 e. The maximum absolute atomic E-state index is 12.7. The number of fused-ring (bicyclic) bond motifs is 1. The van der Waals surface area contributed by atoms with E-state index in [1.165, 1.54) is 37.3 Å². The summed E-state index contributed by atoms with van der Waals surface area (Å²) in [5.41, 5.74) is 0.742. The highest BCUT2D eigenvalue weighted by atomic mass is 35.5. The van der Waals surface area contributed by atoms with E-state index in [-0.39, 0.29) is 12.4 Å². The lowest BCUT2D eigenvalue weighted by atomic mass is 10.2. The number of amides is 1. The first kappa shape index (κ1) is 23.4. The van der Waals surface area contributed by atoms with E-state index in [0.717, 1.165) is 4.70 Å². The van der Waals surface area contributed by atoms with Crippen molar-refractivity contribution in [2.45, 2.75) is 6.73 Å². The Bertz CT molecular complexity index is 1340. The van der Waals surface area contributed by atoms with Crippen molar-refractivity contribution < 1.29 is 28.5 Å². The summed E-state index contributed by atoms with van der Waals surface area (Å²) in [5.74, 6) is 0.565. The molecule has 0 unspecified atom stereocenters. The Balaban J connectivity index is 1.46. The number of anilines is 1. The number of hydrogen-bond acceptors (Lipinski definition) is 8. The number of thiophene rings is 1. The number of hydrogen-bond donors (Lipinski definition) is 1. The van der Waals surface area contributed by atoms with Crippen molar-refractivity contribution in [1.82, 2.24) is 9.78 Å². The minimum atomic E-state index is -0.504. The van der Waals surface area contributed by atoms with E-state index in [9.17, 15) is 9.59 Å². The number of methoxy groups -OCH3 is 3. The third-order valence-electron chi connectivity index (χ3n) is 4.86. The van der Waals surface area contributed by atoms with E-state index in [1.807, 2.05) is 0 Å². The number of nitrogens with zero attached hydrogens (tertiary/aromatic N) is 2. The van der Waals surface area contributed by atoms with Gasteiger partial charge >= 0.3 is 5.97 Å². The summed E-state index contributed by atoms with van der Waals surface area (Å²) < 4.78 is 23.4. The topological polar surface area (TPSA) is 101 Å². The molecule has 4 rings (SSSR count). The molecule has 1 N–H and O–H groups in total. The van der Waals surface area contributed by atoms with E-state index in [4.69, 9.17) is 30.5 Å². The zero-order valence-electron chi connectivity index (χ0n) is 18.5. The lowest BCUT2D eigenvalue weighted by molar-refractivity contribution is 0.0606. The van der Waals surface area contributed by atoms with Gasteiger partial charge in [-0.15, -0.1) is 11.3 Å². The second-order valence-corrected chi connectivity index (χ2v) is 8.34. The molecule has 2 aromatic heterocycles. The number of halogens is 1. The zero-order chi connectivity index (χ0) is 24.2. The second kappa shape index (κ2) is 10.0. The summed E-state index contributed by atoms with van der Waals surface area (Å²) >= 11 is 7.48. The Morgan fingerprint density at radius 2 is 1.82 bits per heavy atom. The molecule has 0 saturated carbocycles. The minimum Gasteiger partial charge on any atom is -0.493 e. The van der Waals surface area contributed by atoms with Crippen LogP contribution in [0.4, 0.5) is 5.69 Å². The van der Waals surface area contributed by atoms with Gasteiger partial charge in [-0.2, -0.15) is 5.10 Å². The average Bonchev–Trinajstić information content (AvgIpc) is 3.46. The highest BCUT2D eigenvalue weighted by Gasteiger charge is 2.19. The number of carbonyl (C=O) groups excluding carboxylic acids is 2. The van der Waals surface area contributed by atoms with Crippen molar-refractivity contribution in [2.75, 3.05) is 26.6 Å².